The lowest BCUT2D eigenvalue weighted by atomic mass is 10.1. The second-order valence-corrected chi connectivity index (χ2v) is 15.7. The normalized spacial score (nSPS) is 13.8. The lowest BCUT2D eigenvalue weighted by molar-refractivity contribution is 0.671. The monoisotopic (exact) mass is 543 g/mol. The van der Waals surface area contributed by atoms with Crippen molar-refractivity contribution in [3.8, 4) is 28.5 Å². The maximum absolute atomic E-state index is 6.65. The van der Waals surface area contributed by atoms with Gasteiger partial charge in [-0.25, -0.2) is 9.97 Å². The lowest BCUT2D eigenvalue weighted by Crippen LogP contribution is -2.51. The van der Waals surface area contributed by atoms with Gasteiger partial charge < -0.3 is 4.42 Å². The quantitative estimate of drug-likeness (QED) is 0.208. The molecule has 0 saturated heterocycles. The van der Waals surface area contributed by atoms with E-state index in [1.807, 2.05) is 12.1 Å². The molecule has 0 atom stereocenters. The van der Waals surface area contributed by atoms with Gasteiger partial charge in [0.25, 0.3) is 0 Å². The summed E-state index contributed by atoms with van der Waals surface area (Å²) in [5.74, 6) is 1.70. The van der Waals surface area contributed by atoms with Crippen molar-refractivity contribution < 1.29 is 4.42 Å². The number of fused-ring (bicyclic) bond motifs is 10. The minimum Gasteiger partial charge on any atom is -0.454 e. The van der Waals surface area contributed by atoms with Gasteiger partial charge in [0.1, 0.15) is 19.5 Å². The van der Waals surface area contributed by atoms with Gasteiger partial charge in [0.2, 0.25) is 0 Å². The Labute approximate surface area is 237 Å². The van der Waals surface area contributed by atoms with E-state index in [1.165, 1.54) is 21.3 Å². The molecule has 1 aliphatic rings. The zero-order chi connectivity index (χ0) is 27.3. The molecule has 0 N–H and O–H groups in total. The van der Waals surface area contributed by atoms with Gasteiger partial charge in [-0.15, -0.1) is 0 Å². The number of nitrogens with zero attached hydrogens (tertiary/aromatic N) is 3. The highest BCUT2D eigenvalue weighted by molar-refractivity contribution is 7.04. The molecule has 0 unspecified atom stereocenters. The second kappa shape index (κ2) is 8.02. The third-order valence-corrected chi connectivity index (χ3v) is 12.3. The molecule has 0 radical (unpaired) electrons. The van der Waals surface area contributed by atoms with E-state index in [0.717, 1.165) is 61.3 Å². The van der Waals surface area contributed by atoms with Crippen molar-refractivity contribution in [1.29, 1.82) is 0 Å². The summed E-state index contributed by atoms with van der Waals surface area (Å²) in [5, 5.41) is 7.27. The SMILES string of the molecule is C[Si]1(C)c2ccccc2-c2nc(-c3ccccc3)nc(-n3c4ccccc4c4ccc5c6ccccc6oc5c43)c21. The zero-order valence-corrected chi connectivity index (χ0v) is 23.7. The summed E-state index contributed by atoms with van der Waals surface area (Å²) in [6.45, 7) is 4.86. The maximum atomic E-state index is 6.65. The molecular formula is C36H25N3OSi. The van der Waals surface area contributed by atoms with Gasteiger partial charge in [0, 0.05) is 32.3 Å². The predicted octanol–water partition coefficient (Wildman–Crippen LogP) is 7.94. The van der Waals surface area contributed by atoms with Crippen LogP contribution in [-0.2, 0) is 0 Å². The van der Waals surface area contributed by atoms with E-state index in [1.54, 1.807) is 0 Å². The number of para-hydroxylation sites is 2. The summed E-state index contributed by atoms with van der Waals surface area (Å²) in [5.41, 5.74) is 7.26. The number of rotatable bonds is 2. The van der Waals surface area contributed by atoms with Crippen molar-refractivity contribution >= 4 is 62.2 Å². The third-order valence-electron chi connectivity index (χ3n) is 8.79. The molecule has 5 heteroatoms. The Morgan fingerprint density at radius 1 is 0.634 bits per heavy atom. The average Bonchev–Trinajstić information content (AvgIpc) is 3.64. The summed E-state index contributed by atoms with van der Waals surface area (Å²) < 4.78 is 9.02. The average molecular weight is 544 g/mol. The zero-order valence-electron chi connectivity index (χ0n) is 22.7. The van der Waals surface area contributed by atoms with E-state index >= 15 is 0 Å². The van der Waals surface area contributed by atoms with E-state index in [9.17, 15) is 0 Å². The highest BCUT2D eigenvalue weighted by Crippen LogP contribution is 2.41. The molecule has 5 aromatic carbocycles. The molecule has 41 heavy (non-hydrogen) atoms. The summed E-state index contributed by atoms with van der Waals surface area (Å²) in [7, 11) is -2.16. The maximum Gasteiger partial charge on any atom is 0.162 e. The number of hydrogen-bond acceptors (Lipinski definition) is 3. The van der Waals surface area contributed by atoms with Crippen molar-refractivity contribution in [1.82, 2.24) is 14.5 Å². The van der Waals surface area contributed by atoms with Crippen LogP contribution in [-0.4, -0.2) is 22.6 Å². The molecule has 0 aliphatic carbocycles. The Morgan fingerprint density at radius 3 is 2.22 bits per heavy atom. The molecule has 8 aromatic rings. The number of hydrogen-bond donors (Lipinski definition) is 0. The molecule has 3 aromatic heterocycles. The smallest absolute Gasteiger partial charge is 0.162 e. The van der Waals surface area contributed by atoms with E-state index in [4.69, 9.17) is 14.4 Å². The molecule has 9 rings (SSSR count). The Hall–Kier alpha value is -5.00. The fraction of sp³-hybridized carbons (Fsp3) is 0.0556. The molecule has 0 amide bonds. The Kier molecular flexibility index (Phi) is 4.46. The molecule has 0 spiro atoms. The van der Waals surface area contributed by atoms with Crippen LogP contribution < -0.4 is 10.4 Å². The van der Waals surface area contributed by atoms with Crippen molar-refractivity contribution in [2.75, 3.05) is 0 Å². The van der Waals surface area contributed by atoms with Crippen molar-refractivity contribution in [2.45, 2.75) is 13.1 Å². The fourth-order valence-electron chi connectivity index (χ4n) is 6.92. The Balaban J connectivity index is 1.51. The van der Waals surface area contributed by atoms with Crippen molar-refractivity contribution in [3.05, 3.63) is 115 Å². The van der Waals surface area contributed by atoms with Crippen molar-refractivity contribution in [3.63, 3.8) is 0 Å². The first-order valence-electron chi connectivity index (χ1n) is 14.0. The van der Waals surface area contributed by atoms with Gasteiger partial charge in [-0.1, -0.05) is 110 Å². The minimum atomic E-state index is -2.16. The molecule has 0 saturated carbocycles. The highest BCUT2D eigenvalue weighted by atomic mass is 28.3. The summed E-state index contributed by atoms with van der Waals surface area (Å²) in [4.78, 5) is 10.7. The summed E-state index contributed by atoms with van der Waals surface area (Å²) >= 11 is 0. The highest BCUT2D eigenvalue weighted by Gasteiger charge is 2.42. The Bertz CT molecular complexity index is 2350. The molecule has 194 valence electrons. The number of benzene rings is 5. The van der Waals surface area contributed by atoms with Gasteiger partial charge in [0.15, 0.2) is 11.4 Å². The predicted molar refractivity (Wildman–Crippen MR) is 171 cm³/mol. The van der Waals surface area contributed by atoms with Gasteiger partial charge in [-0.3, -0.25) is 4.57 Å². The second-order valence-electron chi connectivity index (χ2n) is 11.4. The first-order valence-corrected chi connectivity index (χ1v) is 17.0. The van der Waals surface area contributed by atoms with Gasteiger partial charge in [-0.05, 0) is 28.9 Å². The van der Waals surface area contributed by atoms with Crippen LogP contribution in [0.5, 0.6) is 0 Å². The molecule has 0 bridgehead atoms. The first kappa shape index (κ1) is 22.8. The van der Waals surface area contributed by atoms with Crippen molar-refractivity contribution in [2.24, 2.45) is 0 Å². The Morgan fingerprint density at radius 2 is 1.34 bits per heavy atom. The van der Waals surface area contributed by atoms with E-state index in [0.29, 0.717) is 0 Å². The van der Waals surface area contributed by atoms with E-state index in [2.05, 4.69) is 121 Å². The minimum absolute atomic E-state index is 0.739. The lowest BCUT2D eigenvalue weighted by Gasteiger charge is -2.22. The summed E-state index contributed by atoms with van der Waals surface area (Å²) in [6.07, 6.45) is 0. The third kappa shape index (κ3) is 2.98. The van der Waals surface area contributed by atoms with E-state index in [-0.39, 0.29) is 0 Å². The van der Waals surface area contributed by atoms with Gasteiger partial charge >= 0.3 is 0 Å². The number of aromatic nitrogens is 3. The molecule has 4 heterocycles. The largest absolute Gasteiger partial charge is 0.454 e. The van der Waals surface area contributed by atoms with Gasteiger partial charge in [0.05, 0.1) is 16.7 Å². The fourth-order valence-corrected chi connectivity index (χ4v) is 10.1. The molecule has 0 fully saturated rings. The van der Waals surface area contributed by atoms with Crippen LogP contribution in [0.2, 0.25) is 13.1 Å². The van der Waals surface area contributed by atoms with Crippen LogP contribution in [0, 0.1) is 0 Å². The van der Waals surface area contributed by atoms with Crippen LogP contribution in [0.15, 0.2) is 120 Å². The van der Waals surface area contributed by atoms with Crippen LogP contribution in [0.3, 0.4) is 0 Å². The van der Waals surface area contributed by atoms with Crippen LogP contribution in [0.4, 0.5) is 0 Å². The topological polar surface area (TPSA) is 43.9 Å². The number of furan rings is 1. The van der Waals surface area contributed by atoms with Crippen LogP contribution in [0.1, 0.15) is 0 Å². The molecule has 1 aliphatic heterocycles. The van der Waals surface area contributed by atoms with Crippen LogP contribution in [0.25, 0.3) is 72.2 Å². The summed E-state index contributed by atoms with van der Waals surface area (Å²) in [6, 6.07) is 40.5. The first-order chi connectivity index (χ1) is 20.1. The molecule has 4 nitrogen and oxygen atoms in total. The molecular weight excluding hydrogens is 519 g/mol. The van der Waals surface area contributed by atoms with Crippen LogP contribution >= 0.6 is 0 Å². The van der Waals surface area contributed by atoms with E-state index < -0.39 is 8.07 Å². The standard InChI is InChI=1S/C36H25N3OSi/c1-41(2)30-19-11-8-16-27(30)31-34(41)36(38-35(37-31)22-12-4-3-5-13-22)39-28-17-9-6-14-23(28)25-20-21-26-24-15-7-10-18-29(24)40-33(26)32(25)39/h3-21H,1-2H3. The van der Waals surface area contributed by atoms with Gasteiger partial charge in [-0.2, -0.15) is 0 Å².